The predicted octanol–water partition coefficient (Wildman–Crippen LogP) is 3.61. The van der Waals surface area contributed by atoms with E-state index in [1.165, 1.54) is 5.56 Å². The van der Waals surface area contributed by atoms with Crippen LogP contribution in [-0.4, -0.2) is 6.10 Å². The van der Waals surface area contributed by atoms with E-state index >= 15 is 0 Å². The second-order valence-electron chi connectivity index (χ2n) is 3.75. The predicted molar refractivity (Wildman–Crippen MR) is 54.6 cm³/mol. The SMILES string of the molecule is CC1CC(C)c2cc(Cl)ccc2O1. The quantitative estimate of drug-likeness (QED) is 0.616. The minimum Gasteiger partial charge on any atom is -0.490 e. The van der Waals surface area contributed by atoms with Gasteiger partial charge in [-0.3, -0.25) is 0 Å². The minimum absolute atomic E-state index is 0.323. The van der Waals surface area contributed by atoms with Crippen LogP contribution >= 0.6 is 11.6 Å². The second kappa shape index (κ2) is 3.22. The highest BCUT2D eigenvalue weighted by atomic mass is 35.5. The molecule has 70 valence electrons. The van der Waals surface area contributed by atoms with Gasteiger partial charge in [0, 0.05) is 5.02 Å². The Labute approximate surface area is 83.7 Å². The van der Waals surface area contributed by atoms with Gasteiger partial charge in [-0.25, -0.2) is 0 Å². The first-order chi connectivity index (χ1) is 6.16. The molecule has 2 rings (SSSR count). The van der Waals surface area contributed by atoms with Gasteiger partial charge in [-0.15, -0.1) is 0 Å². The first-order valence-electron chi connectivity index (χ1n) is 4.63. The van der Waals surface area contributed by atoms with Crippen LogP contribution in [0.4, 0.5) is 0 Å². The number of ether oxygens (including phenoxy) is 1. The minimum atomic E-state index is 0.323. The molecule has 2 unspecified atom stereocenters. The molecule has 0 amide bonds. The van der Waals surface area contributed by atoms with Gasteiger partial charge in [0.25, 0.3) is 0 Å². The van der Waals surface area contributed by atoms with E-state index in [1.54, 1.807) is 0 Å². The molecule has 0 radical (unpaired) electrons. The third-order valence-electron chi connectivity index (χ3n) is 2.52. The Morgan fingerprint density at radius 2 is 2.15 bits per heavy atom. The molecule has 1 heterocycles. The van der Waals surface area contributed by atoms with E-state index in [1.807, 2.05) is 18.2 Å². The van der Waals surface area contributed by atoms with E-state index < -0.39 is 0 Å². The van der Waals surface area contributed by atoms with Gasteiger partial charge in [-0.1, -0.05) is 18.5 Å². The Balaban J connectivity index is 2.43. The molecule has 1 aliphatic heterocycles. The summed E-state index contributed by atoms with van der Waals surface area (Å²) in [5.74, 6) is 1.55. The zero-order valence-electron chi connectivity index (χ0n) is 7.88. The lowest BCUT2D eigenvalue weighted by molar-refractivity contribution is 0.179. The molecule has 13 heavy (non-hydrogen) atoms. The van der Waals surface area contributed by atoms with E-state index in [4.69, 9.17) is 16.3 Å². The third kappa shape index (κ3) is 1.66. The summed E-state index contributed by atoms with van der Waals surface area (Å²) in [7, 11) is 0. The molecule has 1 aliphatic rings. The standard InChI is InChI=1S/C11H13ClO/c1-7-5-8(2)13-11-4-3-9(12)6-10(7)11/h3-4,6-8H,5H2,1-2H3. The summed E-state index contributed by atoms with van der Waals surface area (Å²) in [5.41, 5.74) is 1.24. The lowest BCUT2D eigenvalue weighted by atomic mass is 9.92. The van der Waals surface area contributed by atoms with Gasteiger partial charge >= 0.3 is 0 Å². The summed E-state index contributed by atoms with van der Waals surface area (Å²) < 4.78 is 5.70. The first-order valence-corrected chi connectivity index (χ1v) is 5.00. The van der Waals surface area contributed by atoms with Gasteiger partial charge in [-0.2, -0.15) is 0 Å². The van der Waals surface area contributed by atoms with Crippen LogP contribution in [0, 0.1) is 0 Å². The largest absolute Gasteiger partial charge is 0.490 e. The average molecular weight is 197 g/mol. The molecular formula is C11H13ClO. The molecule has 0 N–H and O–H groups in total. The Kier molecular flexibility index (Phi) is 2.20. The first kappa shape index (κ1) is 8.89. The molecule has 2 heteroatoms. The molecule has 0 saturated heterocycles. The molecular weight excluding hydrogens is 184 g/mol. The van der Waals surface area contributed by atoms with Gasteiger partial charge in [0.2, 0.25) is 0 Å². The molecule has 0 aliphatic carbocycles. The smallest absolute Gasteiger partial charge is 0.123 e. The fourth-order valence-electron chi connectivity index (χ4n) is 1.90. The summed E-state index contributed by atoms with van der Waals surface area (Å²) in [4.78, 5) is 0. The highest BCUT2D eigenvalue weighted by molar-refractivity contribution is 6.30. The zero-order chi connectivity index (χ0) is 9.42. The Hall–Kier alpha value is -0.690. The Morgan fingerprint density at radius 3 is 2.92 bits per heavy atom. The topological polar surface area (TPSA) is 9.23 Å². The number of halogens is 1. The lowest BCUT2D eigenvalue weighted by Gasteiger charge is -2.28. The van der Waals surface area contributed by atoms with Crippen LogP contribution in [0.25, 0.3) is 0 Å². The number of fused-ring (bicyclic) bond motifs is 1. The van der Waals surface area contributed by atoms with E-state index in [-0.39, 0.29) is 0 Å². The van der Waals surface area contributed by atoms with Crippen LogP contribution in [-0.2, 0) is 0 Å². The highest BCUT2D eigenvalue weighted by Gasteiger charge is 2.22. The van der Waals surface area contributed by atoms with Gasteiger partial charge < -0.3 is 4.74 Å². The van der Waals surface area contributed by atoms with Crippen LogP contribution in [0.2, 0.25) is 5.02 Å². The maximum absolute atomic E-state index is 5.92. The van der Waals surface area contributed by atoms with E-state index in [0.29, 0.717) is 12.0 Å². The summed E-state index contributed by atoms with van der Waals surface area (Å²) >= 11 is 5.92. The van der Waals surface area contributed by atoms with Gasteiger partial charge in [0.15, 0.2) is 0 Å². The van der Waals surface area contributed by atoms with Crippen LogP contribution < -0.4 is 4.74 Å². The zero-order valence-corrected chi connectivity index (χ0v) is 8.64. The van der Waals surface area contributed by atoms with Crippen molar-refractivity contribution in [2.45, 2.75) is 32.3 Å². The van der Waals surface area contributed by atoms with Crippen molar-refractivity contribution in [3.63, 3.8) is 0 Å². The normalized spacial score (nSPS) is 26.4. The molecule has 0 saturated carbocycles. The molecule has 1 nitrogen and oxygen atoms in total. The summed E-state index contributed by atoms with van der Waals surface area (Å²) in [6.07, 6.45) is 1.40. The van der Waals surface area contributed by atoms with Gasteiger partial charge in [-0.05, 0) is 43.0 Å². The molecule has 0 aromatic heterocycles. The summed E-state index contributed by atoms with van der Waals surface area (Å²) in [6, 6.07) is 5.85. The monoisotopic (exact) mass is 196 g/mol. The van der Waals surface area contributed by atoms with Crippen molar-refractivity contribution in [1.29, 1.82) is 0 Å². The molecule has 0 spiro atoms. The van der Waals surface area contributed by atoms with Crippen molar-refractivity contribution in [2.75, 3.05) is 0 Å². The van der Waals surface area contributed by atoms with Crippen LogP contribution in [0.5, 0.6) is 5.75 Å². The third-order valence-corrected chi connectivity index (χ3v) is 2.75. The fraction of sp³-hybridized carbons (Fsp3) is 0.455. The maximum Gasteiger partial charge on any atom is 0.123 e. The molecule has 1 aromatic carbocycles. The van der Waals surface area contributed by atoms with Crippen LogP contribution in [0.15, 0.2) is 18.2 Å². The second-order valence-corrected chi connectivity index (χ2v) is 4.18. The van der Waals surface area contributed by atoms with Gasteiger partial charge in [0.05, 0.1) is 6.10 Å². The Bertz CT molecular complexity index is 322. The molecule has 1 aromatic rings. The van der Waals surface area contributed by atoms with Crippen molar-refractivity contribution in [2.24, 2.45) is 0 Å². The van der Waals surface area contributed by atoms with Crippen molar-refractivity contribution in [3.8, 4) is 5.75 Å². The van der Waals surface area contributed by atoms with Crippen LogP contribution in [0.1, 0.15) is 31.7 Å². The fourth-order valence-corrected chi connectivity index (χ4v) is 2.08. The average Bonchev–Trinajstić information content (AvgIpc) is 2.06. The molecule has 0 fully saturated rings. The van der Waals surface area contributed by atoms with Crippen molar-refractivity contribution >= 4 is 11.6 Å². The Morgan fingerprint density at radius 1 is 1.38 bits per heavy atom. The van der Waals surface area contributed by atoms with Crippen molar-refractivity contribution in [1.82, 2.24) is 0 Å². The lowest BCUT2D eigenvalue weighted by Crippen LogP contribution is -2.21. The van der Waals surface area contributed by atoms with Gasteiger partial charge in [0.1, 0.15) is 5.75 Å². The number of benzene rings is 1. The van der Waals surface area contributed by atoms with Crippen molar-refractivity contribution in [3.05, 3.63) is 28.8 Å². The van der Waals surface area contributed by atoms with Crippen LogP contribution in [0.3, 0.4) is 0 Å². The number of hydrogen-bond donors (Lipinski definition) is 0. The van der Waals surface area contributed by atoms with E-state index in [9.17, 15) is 0 Å². The number of rotatable bonds is 0. The maximum atomic E-state index is 5.92. The highest BCUT2D eigenvalue weighted by Crippen LogP contribution is 2.37. The summed E-state index contributed by atoms with van der Waals surface area (Å²) in [6.45, 7) is 4.32. The van der Waals surface area contributed by atoms with E-state index in [2.05, 4.69) is 13.8 Å². The molecule has 0 bridgehead atoms. The van der Waals surface area contributed by atoms with E-state index in [0.717, 1.165) is 17.2 Å². The van der Waals surface area contributed by atoms with Crippen molar-refractivity contribution < 1.29 is 4.74 Å². The molecule has 2 atom stereocenters. The summed E-state index contributed by atoms with van der Waals surface area (Å²) in [5, 5.41) is 0.795. The number of hydrogen-bond acceptors (Lipinski definition) is 1.